The van der Waals surface area contributed by atoms with E-state index in [1.807, 2.05) is 25.1 Å². The smallest absolute Gasteiger partial charge is 0.337 e. The van der Waals surface area contributed by atoms with Crippen molar-refractivity contribution in [2.45, 2.75) is 32.8 Å². The molecule has 0 atom stereocenters. The number of benzene rings is 2. The number of carbonyl (C=O) groups is 1. The van der Waals surface area contributed by atoms with Gasteiger partial charge in [0.25, 0.3) is 0 Å². The minimum absolute atomic E-state index is 0.0819. The Morgan fingerprint density at radius 1 is 1.13 bits per heavy atom. The number of hydrogen-bond acceptors (Lipinski definition) is 4. The van der Waals surface area contributed by atoms with Crippen LogP contribution in [0.5, 0.6) is 5.75 Å². The van der Waals surface area contributed by atoms with Crippen molar-refractivity contribution >= 4 is 5.97 Å². The molecular weight excluding hydrogens is 292 g/mol. The second-order valence-electron chi connectivity index (χ2n) is 6.37. The number of ether oxygens (including phenoxy) is 1. The SMILES string of the molecule is COC(=O)c1ccc(O)c(-c2ccc(C)cc2CC(C)(C)O)c1. The predicted molar refractivity (Wildman–Crippen MR) is 89.6 cm³/mol. The highest BCUT2D eigenvalue weighted by molar-refractivity contribution is 5.92. The molecule has 0 fully saturated rings. The Morgan fingerprint density at radius 3 is 2.43 bits per heavy atom. The molecule has 0 aliphatic rings. The normalized spacial score (nSPS) is 11.3. The molecule has 0 saturated carbocycles. The molecule has 0 radical (unpaired) electrons. The van der Waals surface area contributed by atoms with E-state index in [0.717, 1.165) is 16.7 Å². The van der Waals surface area contributed by atoms with E-state index in [-0.39, 0.29) is 5.75 Å². The van der Waals surface area contributed by atoms with Crippen molar-refractivity contribution in [1.29, 1.82) is 0 Å². The van der Waals surface area contributed by atoms with Gasteiger partial charge in [-0.3, -0.25) is 0 Å². The minimum atomic E-state index is -0.877. The zero-order valence-electron chi connectivity index (χ0n) is 13.9. The van der Waals surface area contributed by atoms with E-state index in [2.05, 4.69) is 0 Å². The molecule has 0 aromatic heterocycles. The van der Waals surface area contributed by atoms with E-state index in [9.17, 15) is 15.0 Å². The molecule has 0 unspecified atom stereocenters. The van der Waals surface area contributed by atoms with Gasteiger partial charge < -0.3 is 14.9 Å². The van der Waals surface area contributed by atoms with Crippen LogP contribution >= 0.6 is 0 Å². The second kappa shape index (κ2) is 6.42. The highest BCUT2D eigenvalue weighted by atomic mass is 16.5. The molecular formula is C19H22O4. The van der Waals surface area contributed by atoms with Crippen LogP contribution in [0.1, 0.15) is 35.3 Å². The summed E-state index contributed by atoms with van der Waals surface area (Å²) < 4.78 is 4.74. The number of phenolic OH excluding ortho intramolecular Hbond substituents is 1. The largest absolute Gasteiger partial charge is 0.507 e. The van der Waals surface area contributed by atoms with Crippen LogP contribution in [0.15, 0.2) is 36.4 Å². The molecule has 0 amide bonds. The second-order valence-corrected chi connectivity index (χ2v) is 6.37. The van der Waals surface area contributed by atoms with Gasteiger partial charge >= 0.3 is 5.97 Å². The first-order chi connectivity index (χ1) is 10.7. The van der Waals surface area contributed by atoms with E-state index in [4.69, 9.17) is 4.74 Å². The molecule has 2 N–H and O–H groups in total. The summed E-state index contributed by atoms with van der Waals surface area (Å²) in [6.45, 7) is 5.45. The molecule has 0 aliphatic heterocycles. The van der Waals surface area contributed by atoms with Gasteiger partial charge in [-0.1, -0.05) is 23.8 Å². The molecule has 0 saturated heterocycles. The van der Waals surface area contributed by atoms with Crippen molar-refractivity contribution in [3.63, 3.8) is 0 Å². The zero-order valence-corrected chi connectivity index (χ0v) is 13.9. The quantitative estimate of drug-likeness (QED) is 0.848. The molecule has 23 heavy (non-hydrogen) atoms. The van der Waals surface area contributed by atoms with Gasteiger partial charge in [0.05, 0.1) is 18.3 Å². The summed E-state index contributed by atoms with van der Waals surface area (Å²) in [6.07, 6.45) is 0.436. The highest BCUT2D eigenvalue weighted by Crippen LogP contribution is 2.34. The van der Waals surface area contributed by atoms with Crippen LogP contribution < -0.4 is 0 Å². The van der Waals surface area contributed by atoms with Crippen LogP contribution in [-0.4, -0.2) is 28.9 Å². The van der Waals surface area contributed by atoms with Crippen LogP contribution in [0.4, 0.5) is 0 Å². The van der Waals surface area contributed by atoms with Crippen LogP contribution in [0.2, 0.25) is 0 Å². The maximum absolute atomic E-state index is 11.7. The Hall–Kier alpha value is -2.33. The van der Waals surface area contributed by atoms with Crippen LogP contribution in [0.3, 0.4) is 0 Å². The van der Waals surface area contributed by atoms with Crippen molar-refractivity contribution < 1.29 is 19.7 Å². The van der Waals surface area contributed by atoms with E-state index in [1.165, 1.54) is 19.2 Å². The number of methoxy groups -OCH3 is 1. The van der Waals surface area contributed by atoms with Gasteiger partial charge in [-0.25, -0.2) is 4.79 Å². The molecule has 122 valence electrons. The summed E-state index contributed by atoms with van der Waals surface area (Å²) in [5, 5.41) is 20.4. The lowest BCUT2D eigenvalue weighted by Crippen LogP contribution is -2.22. The zero-order chi connectivity index (χ0) is 17.2. The molecule has 0 aliphatic carbocycles. The van der Waals surface area contributed by atoms with Gasteiger partial charge in [0.2, 0.25) is 0 Å². The lowest BCUT2D eigenvalue weighted by Gasteiger charge is -2.20. The first-order valence-corrected chi connectivity index (χ1v) is 7.45. The summed E-state index contributed by atoms with van der Waals surface area (Å²) in [7, 11) is 1.32. The van der Waals surface area contributed by atoms with E-state index in [0.29, 0.717) is 17.5 Å². The van der Waals surface area contributed by atoms with Crippen molar-refractivity contribution in [2.24, 2.45) is 0 Å². The number of aryl methyl sites for hydroxylation is 1. The summed E-state index contributed by atoms with van der Waals surface area (Å²) in [5.41, 5.74) is 2.81. The molecule has 0 bridgehead atoms. The Labute approximate surface area is 136 Å². The van der Waals surface area contributed by atoms with Crippen molar-refractivity contribution in [3.8, 4) is 16.9 Å². The monoisotopic (exact) mass is 314 g/mol. The first-order valence-electron chi connectivity index (χ1n) is 7.45. The summed E-state index contributed by atoms with van der Waals surface area (Å²) in [6, 6.07) is 10.4. The Bertz CT molecular complexity index is 727. The maximum Gasteiger partial charge on any atom is 0.337 e. The van der Waals surface area contributed by atoms with E-state index >= 15 is 0 Å². The minimum Gasteiger partial charge on any atom is -0.507 e. The third-order valence-corrected chi connectivity index (χ3v) is 3.59. The Balaban J connectivity index is 2.59. The predicted octanol–water partition coefficient (Wildman–Crippen LogP) is 3.47. The number of hydrogen-bond donors (Lipinski definition) is 2. The fourth-order valence-corrected chi connectivity index (χ4v) is 2.59. The van der Waals surface area contributed by atoms with Crippen molar-refractivity contribution in [2.75, 3.05) is 7.11 Å². The average Bonchev–Trinajstić information content (AvgIpc) is 2.46. The maximum atomic E-state index is 11.7. The van der Waals surface area contributed by atoms with Gasteiger partial charge in [0, 0.05) is 12.0 Å². The van der Waals surface area contributed by atoms with Crippen molar-refractivity contribution in [3.05, 3.63) is 53.1 Å². The van der Waals surface area contributed by atoms with Crippen LogP contribution in [0.25, 0.3) is 11.1 Å². The fraction of sp³-hybridized carbons (Fsp3) is 0.316. The highest BCUT2D eigenvalue weighted by Gasteiger charge is 2.19. The van der Waals surface area contributed by atoms with Gasteiger partial charge in [0.1, 0.15) is 5.75 Å². The molecule has 2 aromatic carbocycles. The number of aliphatic hydroxyl groups is 1. The van der Waals surface area contributed by atoms with Gasteiger partial charge in [-0.15, -0.1) is 0 Å². The topological polar surface area (TPSA) is 66.8 Å². The summed E-state index contributed by atoms with van der Waals surface area (Å²) in [5.74, 6) is -0.374. The fourth-order valence-electron chi connectivity index (χ4n) is 2.59. The van der Waals surface area contributed by atoms with E-state index < -0.39 is 11.6 Å². The Kier molecular flexibility index (Phi) is 4.76. The Morgan fingerprint density at radius 2 is 1.83 bits per heavy atom. The number of aromatic hydroxyl groups is 1. The van der Waals surface area contributed by atoms with Gasteiger partial charge in [0.15, 0.2) is 0 Å². The molecule has 0 heterocycles. The summed E-state index contributed by atoms with van der Waals surface area (Å²) >= 11 is 0. The van der Waals surface area contributed by atoms with Gasteiger partial charge in [-0.2, -0.15) is 0 Å². The van der Waals surface area contributed by atoms with Crippen LogP contribution in [0, 0.1) is 6.92 Å². The number of esters is 1. The average molecular weight is 314 g/mol. The first kappa shape index (κ1) is 17.0. The number of phenols is 1. The number of rotatable bonds is 4. The molecule has 2 rings (SSSR count). The third kappa shape index (κ3) is 4.11. The number of carbonyl (C=O) groups excluding carboxylic acids is 1. The standard InChI is InChI=1S/C19H22O4/c1-12-5-7-15(14(9-12)11-19(2,3)22)16-10-13(18(21)23-4)6-8-17(16)20/h5-10,20,22H,11H2,1-4H3. The third-order valence-electron chi connectivity index (χ3n) is 3.59. The summed E-state index contributed by atoms with van der Waals surface area (Å²) in [4.78, 5) is 11.7. The van der Waals surface area contributed by atoms with Crippen molar-refractivity contribution in [1.82, 2.24) is 0 Å². The molecule has 2 aromatic rings. The van der Waals surface area contributed by atoms with Gasteiger partial charge in [-0.05, 0) is 50.1 Å². The lowest BCUT2D eigenvalue weighted by molar-refractivity contribution is 0.0600. The van der Waals surface area contributed by atoms with E-state index in [1.54, 1.807) is 19.9 Å². The molecule has 4 heteroatoms. The lowest BCUT2D eigenvalue weighted by atomic mass is 9.89. The van der Waals surface area contributed by atoms with Crippen LogP contribution in [-0.2, 0) is 11.2 Å². The molecule has 0 spiro atoms. The molecule has 4 nitrogen and oxygen atoms in total.